The third kappa shape index (κ3) is 5.93. The molecule has 0 saturated carbocycles. The van der Waals surface area contributed by atoms with Gasteiger partial charge in [0.05, 0.1) is 12.1 Å². The van der Waals surface area contributed by atoms with Gasteiger partial charge in [0.15, 0.2) is 6.61 Å². The van der Waals surface area contributed by atoms with Crippen LogP contribution in [0.1, 0.15) is 5.56 Å². The Morgan fingerprint density at radius 3 is 2.56 bits per heavy atom. The van der Waals surface area contributed by atoms with E-state index in [0.717, 1.165) is 6.08 Å². The molecule has 2 aromatic carbocycles. The summed E-state index contributed by atoms with van der Waals surface area (Å²) < 4.78 is 22.9. The molecule has 1 N–H and O–H groups in total. The molecule has 0 fully saturated rings. The number of ether oxygens (including phenoxy) is 2. The molecule has 5 nitrogen and oxygen atoms in total. The number of carbonyl (C=O) groups excluding carboxylic acids is 2. The fraction of sp³-hybridized carbons (Fsp3) is 0.111. The molecule has 0 radical (unpaired) electrons. The zero-order chi connectivity index (χ0) is 18.2. The van der Waals surface area contributed by atoms with Crippen LogP contribution in [0.2, 0.25) is 5.02 Å². The molecule has 2 aromatic rings. The average molecular weight is 364 g/mol. The van der Waals surface area contributed by atoms with Gasteiger partial charge in [-0.15, -0.1) is 0 Å². The van der Waals surface area contributed by atoms with Crippen molar-refractivity contribution >= 4 is 35.2 Å². The summed E-state index contributed by atoms with van der Waals surface area (Å²) in [5.41, 5.74) is 1.09. The topological polar surface area (TPSA) is 64.6 Å². The number of esters is 1. The molecular formula is C18H15ClFNO4. The first-order chi connectivity index (χ1) is 12.0. The van der Waals surface area contributed by atoms with Crippen LogP contribution in [0.3, 0.4) is 0 Å². The van der Waals surface area contributed by atoms with Crippen LogP contribution in [0, 0.1) is 5.82 Å². The Balaban J connectivity index is 1.81. The molecule has 0 bridgehead atoms. The van der Waals surface area contributed by atoms with Gasteiger partial charge in [0.25, 0.3) is 5.91 Å². The van der Waals surface area contributed by atoms with Crippen LogP contribution in [-0.4, -0.2) is 25.6 Å². The summed E-state index contributed by atoms with van der Waals surface area (Å²) in [7, 11) is 1.54. The molecular weight excluding hydrogens is 349 g/mol. The quantitative estimate of drug-likeness (QED) is 0.628. The highest BCUT2D eigenvalue weighted by Crippen LogP contribution is 2.17. The maximum atomic E-state index is 13.0. The summed E-state index contributed by atoms with van der Waals surface area (Å²) in [6.45, 7) is -0.431. The highest BCUT2D eigenvalue weighted by Gasteiger charge is 2.06. The van der Waals surface area contributed by atoms with E-state index in [0.29, 0.717) is 17.0 Å². The van der Waals surface area contributed by atoms with E-state index in [2.05, 4.69) is 5.32 Å². The molecule has 0 heterocycles. The Hall–Kier alpha value is -2.86. The first kappa shape index (κ1) is 18.5. The minimum Gasteiger partial charge on any atom is -0.497 e. The number of rotatable bonds is 6. The van der Waals surface area contributed by atoms with Crippen molar-refractivity contribution in [1.82, 2.24) is 0 Å². The molecule has 7 heteroatoms. The minimum atomic E-state index is -0.703. The summed E-state index contributed by atoms with van der Waals surface area (Å²) in [6, 6.07) is 10.7. The van der Waals surface area contributed by atoms with Crippen LogP contribution in [0.4, 0.5) is 10.1 Å². The van der Waals surface area contributed by atoms with E-state index in [1.54, 1.807) is 31.4 Å². The number of hydrogen-bond donors (Lipinski definition) is 1. The summed E-state index contributed by atoms with van der Waals surface area (Å²) in [6.07, 6.45) is 2.54. The highest BCUT2D eigenvalue weighted by atomic mass is 35.5. The fourth-order valence-electron chi connectivity index (χ4n) is 1.84. The Bertz CT molecular complexity index is 790. The van der Waals surface area contributed by atoms with Gasteiger partial charge in [-0.05, 0) is 48.0 Å². The molecule has 2 rings (SSSR count). The number of nitrogens with one attached hydrogen (secondary N) is 1. The number of benzene rings is 2. The fourth-order valence-corrected chi connectivity index (χ4v) is 2.03. The molecule has 0 saturated heterocycles. The molecule has 0 aliphatic carbocycles. The molecule has 0 aliphatic rings. The molecule has 130 valence electrons. The number of hydrogen-bond acceptors (Lipinski definition) is 4. The number of amides is 1. The normalized spacial score (nSPS) is 10.5. The van der Waals surface area contributed by atoms with Crippen LogP contribution in [0.15, 0.2) is 48.5 Å². The lowest BCUT2D eigenvalue weighted by atomic mass is 10.2. The van der Waals surface area contributed by atoms with Crippen LogP contribution < -0.4 is 10.1 Å². The molecule has 0 spiro atoms. The van der Waals surface area contributed by atoms with Crippen LogP contribution in [0.5, 0.6) is 5.75 Å². The van der Waals surface area contributed by atoms with E-state index in [-0.39, 0.29) is 5.02 Å². The van der Waals surface area contributed by atoms with Crippen LogP contribution in [-0.2, 0) is 14.3 Å². The lowest BCUT2D eigenvalue weighted by Gasteiger charge is -2.06. The van der Waals surface area contributed by atoms with Crippen LogP contribution >= 0.6 is 11.6 Å². The van der Waals surface area contributed by atoms with Gasteiger partial charge in [-0.1, -0.05) is 17.7 Å². The Kier molecular flexibility index (Phi) is 6.54. The van der Waals surface area contributed by atoms with Gasteiger partial charge in [0.2, 0.25) is 0 Å². The second kappa shape index (κ2) is 8.84. The monoisotopic (exact) mass is 363 g/mol. The number of carbonyl (C=O) groups is 2. The van der Waals surface area contributed by atoms with E-state index < -0.39 is 24.3 Å². The van der Waals surface area contributed by atoms with Crippen molar-refractivity contribution in [3.05, 3.63) is 64.9 Å². The Morgan fingerprint density at radius 2 is 1.92 bits per heavy atom. The number of anilines is 1. The van der Waals surface area contributed by atoms with Gasteiger partial charge in [0, 0.05) is 11.8 Å². The lowest BCUT2D eigenvalue weighted by molar-refractivity contribution is -0.142. The predicted molar refractivity (Wildman–Crippen MR) is 93.0 cm³/mol. The Morgan fingerprint density at radius 1 is 1.20 bits per heavy atom. The smallest absolute Gasteiger partial charge is 0.331 e. The zero-order valence-corrected chi connectivity index (χ0v) is 14.0. The molecule has 0 unspecified atom stereocenters. The van der Waals surface area contributed by atoms with Crippen LogP contribution in [0.25, 0.3) is 6.08 Å². The third-order valence-corrected chi connectivity index (χ3v) is 3.36. The van der Waals surface area contributed by atoms with Crippen molar-refractivity contribution in [3.63, 3.8) is 0 Å². The molecule has 25 heavy (non-hydrogen) atoms. The van der Waals surface area contributed by atoms with E-state index in [9.17, 15) is 14.0 Å². The van der Waals surface area contributed by atoms with E-state index in [1.807, 2.05) is 0 Å². The Labute approximate surface area is 149 Å². The summed E-state index contributed by atoms with van der Waals surface area (Å²) in [4.78, 5) is 23.3. The standard InChI is InChI=1S/C18H15ClFNO4/c1-24-14-6-4-13(5-7-14)21-17(22)11-25-18(23)9-3-12-2-8-16(20)15(19)10-12/h2-10H,11H2,1H3,(H,21,22)/b9-3+. The summed E-state index contributed by atoms with van der Waals surface area (Å²) >= 11 is 5.64. The van der Waals surface area contributed by atoms with Crippen molar-refractivity contribution in [2.75, 3.05) is 19.0 Å². The predicted octanol–water partition coefficient (Wildman–Crippen LogP) is 3.68. The maximum absolute atomic E-state index is 13.0. The van der Waals surface area contributed by atoms with E-state index >= 15 is 0 Å². The van der Waals surface area contributed by atoms with Crippen molar-refractivity contribution < 1.29 is 23.5 Å². The largest absolute Gasteiger partial charge is 0.497 e. The maximum Gasteiger partial charge on any atom is 0.331 e. The zero-order valence-electron chi connectivity index (χ0n) is 13.3. The second-order valence-corrected chi connectivity index (χ2v) is 5.30. The second-order valence-electron chi connectivity index (χ2n) is 4.89. The van der Waals surface area contributed by atoms with E-state index in [4.69, 9.17) is 21.1 Å². The molecule has 0 aliphatic heterocycles. The first-order valence-electron chi connectivity index (χ1n) is 7.22. The van der Waals surface area contributed by atoms with Crippen molar-refractivity contribution in [2.45, 2.75) is 0 Å². The van der Waals surface area contributed by atoms with Gasteiger partial charge >= 0.3 is 5.97 Å². The number of halogens is 2. The molecule has 0 aromatic heterocycles. The van der Waals surface area contributed by atoms with Gasteiger partial charge in [-0.3, -0.25) is 4.79 Å². The molecule has 1 amide bonds. The van der Waals surface area contributed by atoms with Gasteiger partial charge < -0.3 is 14.8 Å². The SMILES string of the molecule is COc1ccc(NC(=O)COC(=O)/C=C/c2ccc(F)c(Cl)c2)cc1. The van der Waals surface area contributed by atoms with E-state index in [1.165, 1.54) is 24.3 Å². The third-order valence-electron chi connectivity index (χ3n) is 3.07. The van der Waals surface area contributed by atoms with Crippen molar-refractivity contribution in [2.24, 2.45) is 0 Å². The minimum absolute atomic E-state index is 0.0469. The highest BCUT2D eigenvalue weighted by molar-refractivity contribution is 6.30. The van der Waals surface area contributed by atoms with Gasteiger partial charge in [-0.2, -0.15) is 0 Å². The lowest BCUT2D eigenvalue weighted by Crippen LogP contribution is -2.20. The molecule has 0 atom stereocenters. The first-order valence-corrected chi connectivity index (χ1v) is 7.59. The number of methoxy groups -OCH3 is 1. The average Bonchev–Trinajstić information content (AvgIpc) is 2.61. The van der Waals surface area contributed by atoms with Gasteiger partial charge in [-0.25, -0.2) is 9.18 Å². The van der Waals surface area contributed by atoms with Crippen molar-refractivity contribution in [3.8, 4) is 5.75 Å². The summed E-state index contributed by atoms with van der Waals surface area (Å²) in [5, 5.41) is 2.53. The van der Waals surface area contributed by atoms with Gasteiger partial charge in [0.1, 0.15) is 11.6 Å². The van der Waals surface area contributed by atoms with Crippen molar-refractivity contribution in [1.29, 1.82) is 0 Å². The summed E-state index contributed by atoms with van der Waals surface area (Å²) in [5.74, 6) is -1.06.